The molecule has 0 saturated heterocycles. The molecule has 3 heterocycles. The number of phenolic OH excluding ortho intramolecular Hbond substituents is 1. The average molecular weight is 366 g/mol. The molecular weight excluding hydrogens is 348 g/mol. The van der Waals surface area contributed by atoms with E-state index in [9.17, 15) is 5.11 Å². The lowest BCUT2D eigenvalue weighted by Crippen LogP contribution is -2.10. The smallest absolute Gasteiger partial charge is 0.508 e. The summed E-state index contributed by atoms with van der Waals surface area (Å²) < 4.78 is 14.6. The molecule has 0 aliphatic carbocycles. The standard InChI is InChI=1S/C20H14N2O3S/c23-13-4-6-14(7-5-13)25-18-12-26-20-15(18)8-9-17-16(20)11-21-22(17)19-3-1-2-10-24-19/h1-12,19,23H/p+4. The van der Waals surface area contributed by atoms with E-state index >= 15 is 0 Å². The van der Waals surface area contributed by atoms with Gasteiger partial charge < -0.3 is 14.6 Å². The highest BCUT2D eigenvalue weighted by molar-refractivity contribution is 7.18. The number of phenols is 1. The Labute approximate surface area is 158 Å². The number of hydrogen-bond acceptors (Lipinski definition) is 5. The maximum absolute atomic E-state index is 9.40. The molecule has 2 aromatic carbocycles. The van der Waals surface area contributed by atoms with E-state index in [4.69, 9.17) is 9.47 Å². The van der Waals surface area contributed by atoms with Crippen molar-refractivity contribution >= 4 is 32.3 Å². The Morgan fingerprint density at radius 3 is 2.81 bits per heavy atom. The van der Waals surface area contributed by atoms with Crippen molar-refractivity contribution in [1.82, 2.24) is 9.78 Å². The van der Waals surface area contributed by atoms with Crippen LogP contribution in [0.25, 0.3) is 21.0 Å². The molecule has 0 spiro atoms. The molecule has 0 bridgehead atoms. The van der Waals surface area contributed by atoms with Crippen molar-refractivity contribution in [3.05, 3.63) is 72.5 Å². The van der Waals surface area contributed by atoms with Crippen LogP contribution >= 0.6 is 11.3 Å². The van der Waals surface area contributed by atoms with Gasteiger partial charge in [0, 0.05) is 20.9 Å². The van der Waals surface area contributed by atoms with E-state index in [-0.39, 0.29) is 17.7 Å². The summed E-state index contributed by atoms with van der Waals surface area (Å²) in [6, 6.07) is 10.8. The Kier molecular flexibility index (Phi) is 3.43. The molecule has 2 aromatic heterocycles. The topological polar surface area (TPSA) is 56.5 Å². The summed E-state index contributed by atoms with van der Waals surface area (Å²) in [4.78, 5) is 0. The third-order valence-corrected chi connectivity index (χ3v) is 5.28. The summed E-state index contributed by atoms with van der Waals surface area (Å²) in [6.45, 7) is 0. The average Bonchev–Trinajstić information content (AvgIpc) is 3.28. The first-order chi connectivity index (χ1) is 12.8. The summed E-state index contributed by atoms with van der Waals surface area (Å²) in [5, 5.41) is 18.0. The van der Waals surface area contributed by atoms with E-state index in [0.29, 0.717) is 5.75 Å². The number of aromatic nitrogens is 2. The molecule has 0 fully saturated rings. The van der Waals surface area contributed by atoms with Crippen LogP contribution in [0.4, 0.5) is 0 Å². The number of aromatic hydroxyl groups is 1. The van der Waals surface area contributed by atoms with Crippen LogP contribution in [0.15, 0.2) is 72.5 Å². The Morgan fingerprint density at radius 2 is 2.00 bits per heavy atom. The normalized spacial score (nSPS) is 16.2. The van der Waals surface area contributed by atoms with Crippen molar-refractivity contribution in [2.24, 2.45) is 0 Å². The minimum absolute atomic E-state index is 0. The summed E-state index contributed by atoms with van der Waals surface area (Å²) in [7, 11) is 0. The van der Waals surface area contributed by atoms with Gasteiger partial charge in [0.1, 0.15) is 17.2 Å². The Morgan fingerprint density at radius 1 is 1.12 bits per heavy atom. The van der Waals surface area contributed by atoms with E-state index in [1.54, 1.807) is 41.9 Å². The fourth-order valence-electron chi connectivity index (χ4n) is 3.03. The van der Waals surface area contributed by atoms with Gasteiger partial charge in [0.05, 0.1) is 18.0 Å². The van der Waals surface area contributed by atoms with Crippen LogP contribution in [0.5, 0.6) is 17.2 Å². The van der Waals surface area contributed by atoms with Crippen molar-refractivity contribution in [2.45, 2.75) is 6.23 Å². The predicted molar refractivity (Wildman–Crippen MR) is 106 cm³/mol. The number of rotatable bonds is 3. The van der Waals surface area contributed by atoms with Crippen molar-refractivity contribution in [2.75, 3.05) is 0 Å². The van der Waals surface area contributed by atoms with E-state index < -0.39 is 0 Å². The molecule has 1 aliphatic rings. The molecule has 1 atom stereocenters. The highest BCUT2D eigenvalue weighted by atomic mass is 32.1. The molecule has 5 rings (SSSR count). The summed E-state index contributed by atoms with van der Waals surface area (Å²) in [5.74, 6) is 1.70. The van der Waals surface area contributed by atoms with Gasteiger partial charge in [0.15, 0.2) is 0 Å². The van der Waals surface area contributed by atoms with Crippen molar-refractivity contribution < 1.29 is 20.3 Å². The molecule has 6 heteroatoms. The molecule has 0 saturated carbocycles. The molecule has 4 aromatic rings. The number of hydrogen-bond donors (Lipinski definition) is 1. The van der Waals surface area contributed by atoms with Gasteiger partial charge in [-0.25, -0.2) is 4.68 Å². The maximum atomic E-state index is 9.40. The van der Waals surface area contributed by atoms with Gasteiger partial charge in [-0.15, -0.1) is 11.3 Å². The lowest BCUT2D eigenvalue weighted by Gasteiger charge is -2.16. The zero-order valence-electron chi connectivity index (χ0n) is 17.6. The van der Waals surface area contributed by atoms with Crippen molar-refractivity contribution in [3.8, 4) is 17.2 Å². The van der Waals surface area contributed by atoms with Crippen LogP contribution in [-0.4, -0.2) is 14.9 Å². The molecule has 5 nitrogen and oxygen atoms in total. The first-order valence-corrected chi connectivity index (χ1v) is 9.01. The number of thiophene rings is 1. The van der Waals surface area contributed by atoms with Crippen LogP contribution in [0, 0.1) is 0 Å². The second-order valence-electron chi connectivity index (χ2n) is 5.90. The van der Waals surface area contributed by atoms with Crippen LogP contribution in [0.2, 0.25) is 0 Å². The van der Waals surface area contributed by atoms with Crippen LogP contribution in [-0.2, 0) is 4.74 Å². The molecule has 128 valence electrons. The second-order valence-corrected chi connectivity index (χ2v) is 6.78. The first kappa shape index (κ1) is 15.0. The second kappa shape index (κ2) is 5.93. The van der Waals surface area contributed by atoms with Crippen LogP contribution < -0.4 is 4.74 Å². The number of nitrogens with zero attached hydrogens (tertiary/aromatic N) is 2. The van der Waals surface area contributed by atoms with Gasteiger partial charge in [0.25, 0.3) is 0 Å². The number of fused-ring (bicyclic) bond motifs is 3. The monoisotopic (exact) mass is 366 g/mol. The molecule has 1 aliphatic heterocycles. The third-order valence-electron chi connectivity index (χ3n) is 4.27. The molecule has 0 amide bonds. The first-order valence-electron chi connectivity index (χ1n) is 8.13. The molecule has 0 radical (unpaired) electrons. The fraction of sp³-hybridized carbons (Fsp3) is 0.0500. The quantitative estimate of drug-likeness (QED) is 0.498. The van der Waals surface area contributed by atoms with E-state index in [1.165, 1.54) is 0 Å². The van der Waals surface area contributed by atoms with Crippen molar-refractivity contribution in [3.63, 3.8) is 0 Å². The summed E-state index contributed by atoms with van der Waals surface area (Å²) in [6.07, 6.45) is 9.08. The Balaban J connectivity index is 0.00000112. The molecular formula is C20H18N2O3S+4. The van der Waals surface area contributed by atoms with Gasteiger partial charge in [-0.3, -0.25) is 0 Å². The zero-order valence-corrected chi connectivity index (χ0v) is 14.4. The minimum atomic E-state index is -0.234. The zero-order chi connectivity index (χ0) is 17.5. The highest BCUT2D eigenvalue weighted by Crippen LogP contribution is 2.40. The van der Waals surface area contributed by atoms with Gasteiger partial charge in [-0.2, -0.15) is 5.10 Å². The largest absolute Gasteiger partial charge is 1.00 e. The minimum Gasteiger partial charge on any atom is -0.508 e. The number of ether oxygens (including phenoxy) is 2. The maximum Gasteiger partial charge on any atom is 1.00 e. The SMILES string of the molecule is Oc1ccc(Oc2csc3c2ccc2c3cnn2C2C=CC=CO2)cc1.[H+].[H+].[H+].[H+]. The molecule has 26 heavy (non-hydrogen) atoms. The predicted octanol–water partition coefficient (Wildman–Crippen LogP) is 5.80. The molecule has 1 unspecified atom stereocenters. The van der Waals surface area contributed by atoms with Crippen LogP contribution in [0.1, 0.15) is 11.9 Å². The van der Waals surface area contributed by atoms with Gasteiger partial charge >= 0.3 is 5.71 Å². The lowest BCUT2D eigenvalue weighted by atomic mass is 10.2. The van der Waals surface area contributed by atoms with E-state index in [1.807, 2.05) is 46.6 Å². The Hall–Kier alpha value is -3.25. The van der Waals surface area contributed by atoms with Gasteiger partial charge in [0.2, 0.25) is 6.23 Å². The summed E-state index contributed by atoms with van der Waals surface area (Å²) >= 11 is 1.63. The lowest BCUT2D eigenvalue weighted by molar-refractivity contribution is 0.114. The number of benzene rings is 2. The third kappa shape index (κ3) is 2.43. The molecule has 1 N–H and O–H groups in total. The van der Waals surface area contributed by atoms with Crippen molar-refractivity contribution in [1.29, 1.82) is 0 Å². The Bertz CT molecular complexity index is 1170. The van der Waals surface area contributed by atoms with Gasteiger partial charge in [-0.05, 0) is 48.6 Å². The van der Waals surface area contributed by atoms with E-state index in [0.717, 1.165) is 26.7 Å². The van der Waals surface area contributed by atoms with Gasteiger partial charge in [-0.1, -0.05) is 6.08 Å². The van der Waals surface area contributed by atoms with Crippen LogP contribution in [0.3, 0.4) is 0 Å². The number of allylic oxidation sites excluding steroid dienone is 2. The summed E-state index contributed by atoms with van der Waals surface area (Å²) in [5.41, 5.74) is 1.01. The highest BCUT2D eigenvalue weighted by Gasteiger charge is 2.17. The van der Waals surface area contributed by atoms with E-state index in [2.05, 4.69) is 5.10 Å². The fourth-order valence-corrected chi connectivity index (χ4v) is 4.01.